The van der Waals surface area contributed by atoms with Crippen molar-refractivity contribution in [2.24, 2.45) is 0 Å². The predicted octanol–water partition coefficient (Wildman–Crippen LogP) is 4.32. The molecule has 7 nitrogen and oxygen atoms in total. The molecule has 1 aromatic heterocycles. The average Bonchev–Trinajstić information content (AvgIpc) is 3.32. The maximum Gasteiger partial charge on any atom is 0.270 e. The number of nitrogens with zero attached hydrogens (tertiary/aromatic N) is 3. The molecule has 180 valence electrons. The Hall–Kier alpha value is -4.22. The molecule has 0 aliphatic carbocycles. The highest BCUT2D eigenvalue weighted by molar-refractivity contribution is 9.10. The molecule has 2 N–H and O–H groups in total. The molecule has 4 rings (SSSR count). The smallest absolute Gasteiger partial charge is 0.270 e. The fourth-order valence-electron chi connectivity index (χ4n) is 3.85. The molecule has 0 saturated carbocycles. The average molecular weight is 542 g/mol. The van der Waals surface area contributed by atoms with Gasteiger partial charge in [0.2, 0.25) is 5.91 Å². The van der Waals surface area contributed by atoms with Crippen LogP contribution in [0.5, 0.6) is 0 Å². The number of hydrogen-bond donors (Lipinski definition) is 2. The van der Waals surface area contributed by atoms with Crippen LogP contribution in [0.25, 0.3) is 11.3 Å². The molecule has 1 heterocycles. The second-order valence-corrected chi connectivity index (χ2v) is 9.14. The molecule has 0 saturated heterocycles. The van der Waals surface area contributed by atoms with Gasteiger partial charge in [-0.05, 0) is 41.5 Å². The van der Waals surface area contributed by atoms with Crippen LogP contribution in [-0.2, 0) is 17.8 Å². The van der Waals surface area contributed by atoms with Gasteiger partial charge in [0.05, 0.1) is 23.9 Å². The summed E-state index contributed by atoms with van der Waals surface area (Å²) in [6, 6.07) is 27.4. The molecule has 0 aliphatic rings. The van der Waals surface area contributed by atoms with Crippen molar-refractivity contribution in [2.75, 3.05) is 7.05 Å². The van der Waals surface area contributed by atoms with E-state index in [4.69, 9.17) is 5.26 Å². The van der Waals surface area contributed by atoms with Gasteiger partial charge in [-0.3, -0.25) is 14.3 Å². The third-order valence-corrected chi connectivity index (χ3v) is 6.19. The van der Waals surface area contributed by atoms with Crippen LogP contribution in [0.3, 0.4) is 0 Å². The minimum absolute atomic E-state index is 0.287. The Morgan fingerprint density at radius 1 is 1.00 bits per heavy atom. The number of benzene rings is 3. The zero-order valence-corrected chi connectivity index (χ0v) is 21.2. The quantitative estimate of drug-likeness (QED) is 0.347. The van der Waals surface area contributed by atoms with Crippen LogP contribution in [0.2, 0.25) is 0 Å². The minimum Gasteiger partial charge on any atom is -0.357 e. The predicted molar refractivity (Wildman–Crippen MR) is 141 cm³/mol. The summed E-state index contributed by atoms with van der Waals surface area (Å²) in [6.45, 7) is 0.385. The Labute approximate surface area is 217 Å². The molecular formula is C28H24BrN5O2. The zero-order chi connectivity index (χ0) is 25.5. The van der Waals surface area contributed by atoms with Crippen molar-refractivity contribution in [1.29, 1.82) is 5.26 Å². The Morgan fingerprint density at radius 3 is 2.39 bits per heavy atom. The summed E-state index contributed by atoms with van der Waals surface area (Å²) in [6.07, 6.45) is 0.333. The number of nitriles is 1. The van der Waals surface area contributed by atoms with Crippen molar-refractivity contribution in [1.82, 2.24) is 20.4 Å². The van der Waals surface area contributed by atoms with Gasteiger partial charge in [0.1, 0.15) is 11.7 Å². The van der Waals surface area contributed by atoms with E-state index < -0.39 is 11.9 Å². The van der Waals surface area contributed by atoms with Crippen molar-refractivity contribution in [3.05, 3.63) is 112 Å². The number of carbonyl (C=O) groups excluding carboxylic acids is 2. The molecule has 0 bridgehead atoms. The summed E-state index contributed by atoms with van der Waals surface area (Å²) in [5.74, 6) is -0.688. The normalized spacial score (nSPS) is 11.4. The lowest BCUT2D eigenvalue weighted by Gasteiger charge is -2.18. The molecule has 8 heteroatoms. The number of amides is 2. The molecular weight excluding hydrogens is 518 g/mol. The fraction of sp³-hybridized carbons (Fsp3) is 0.143. The van der Waals surface area contributed by atoms with E-state index >= 15 is 0 Å². The first-order valence-corrected chi connectivity index (χ1v) is 12.2. The topological polar surface area (TPSA) is 99.8 Å². The summed E-state index contributed by atoms with van der Waals surface area (Å²) in [5.41, 5.74) is 4.16. The van der Waals surface area contributed by atoms with Gasteiger partial charge in [-0.2, -0.15) is 10.4 Å². The summed E-state index contributed by atoms with van der Waals surface area (Å²) >= 11 is 3.45. The van der Waals surface area contributed by atoms with Crippen LogP contribution in [0.1, 0.15) is 27.2 Å². The van der Waals surface area contributed by atoms with E-state index in [1.54, 1.807) is 42.1 Å². The Bertz CT molecular complexity index is 1410. The first kappa shape index (κ1) is 24.9. The second kappa shape index (κ2) is 11.5. The molecule has 4 aromatic rings. The van der Waals surface area contributed by atoms with Crippen molar-refractivity contribution in [2.45, 2.75) is 19.0 Å². The SMILES string of the molecule is CNC(=O)C(Cc1cccc(Br)c1)NC(=O)c1cc(-c2ccc(C#N)cc2)nn1Cc1ccccc1. The highest BCUT2D eigenvalue weighted by Gasteiger charge is 2.24. The van der Waals surface area contributed by atoms with Gasteiger partial charge in [-0.25, -0.2) is 0 Å². The summed E-state index contributed by atoms with van der Waals surface area (Å²) in [5, 5.41) is 19.3. The van der Waals surface area contributed by atoms with E-state index in [9.17, 15) is 9.59 Å². The first-order valence-electron chi connectivity index (χ1n) is 11.4. The molecule has 36 heavy (non-hydrogen) atoms. The fourth-order valence-corrected chi connectivity index (χ4v) is 4.30. The van der Waals surface area contributed by atoms with Crippen LogP contribution < -0.4 is 10.6 Å². The van der Waals surface area contributed by atoms with Gasteiger partial charge in [0.15, 0.2) is 0 Å². The van der Waals surface area contributed by atoms with E-state index in [0.717, 1.165) is 21.2 Å². The van der Waals surface area contributed by atoms with Gasteiger partial charge < -0.3 is 10.6 Å². The van der Waals surface area contributed by atoms with Crippen molar-refractivity contribution in [3.8, 4) is 17.3 Å². The van der Waals surface area contributed by atoms with E-state index in [-0.39, 0.29) is 5.91 Å². The largest absolute Gasteiger partial charge is 0.357 e. The standard InChI is InChI=1S/C28H24BrN5O2/c1-31-27(35)25(15-21-8-5-9-23(29)14-21)32-28(36)26-16-24(22-12-10-19(17-30)11-13-22)33-34(26)18-20-6-3-2-4-7-20/h2-14,16,25H,15,18H2,1H3,(H,31,35)(H,32,36). The monoisotopic (exact) mass is 541 g/mol. The number of likely N-dealkylation sites (N-methyl/N-ethyl adjacent to an activating group) is 1. The first-order chi connectivity index (χ1) is 17.5. The highest BCUT2D eigenvalue weighted by atomic mass is 79.9. The number of aromatic nitrogens is 2. The molecule has 0 fully saturated rings. The van der Waals surface area contributed by atoms with Crippen LogP contribution in [0.15, 0.2) is 89.4 Å². The van der Waals surface area contributed by atoms with E-state index in [1.807, 2.05) is 54.6 Å². The van der Waals surface area contributed by atoms with Gasteiger partial charge in [-0.1, -0.05) is 70.5 Å². The van der Waals surface area contributed by atoms with Crippen molar-refractivity contribution < 1.29 is 9.59 Å². The Morgan fingerprint density at radius 2 is 1.72 bits per heavy atom. The van der Waals surface area contributed by atoms with Crippen LogP contribution in [-0.4, -0.2) is 34.7 Å². The third-order valence-electron chi connectivity index (χ3n) is 5.69. The van der Waals surface area contributed by atoms with Crippen molar-refractivity contribution in [3.63, 3.8) is 0 Å². The Kier molecular flexibility index (Phi) is 7.93. The Balaban J connectivity index is 1.65. The summed E-state index contributed by atoms with van der Waals surface area (Å²) in [4.78, 5) is 26.1. The number of rotatable bonds is 8. The lowest BCUT2D eigenvalue weighted by atomic mass is 10.0. The third kappa shape index (κ3) is 6.06. The van der Waals surface area contributed by atoms with Gasteiger partial charge in [0.25, 0.3) is 5.91 Å². The molecule has 0 aliphatic heterocycles. The molecule has 3 aromatic carbocycles. The maximum absolute atomic E-state index is 13.5. The van der Waals surface area contributed by atoms with Crippen molar-refractivity contribution >= 4 is 27.7 Å². The lowest BCUT2D eigenvalue weighted by molar-refractivity contribution is -0.122. The summed E-state index contributed by atoms with van der Waals surface area (Å²) in [7, 11) is 1.55. The van der Waals surface area contributed by atoms with E-state index in [0.29, 0.717) is 29.9 Å². The summed E-state index contributed by atoms with van der Waals surface area (Å²) < 4.78 is 2.54. The molecule has 2 amide bonds. The number of nitrogens with one attached hydrogen (secondary N) is 2. The second-order valence-electron chi connectivity index (χ2n) is 8.22. The van der Waals surface area contributed by atoms with Gasteiger partial charge >= 0.3 is 0 Å². The van der Waals surface area contributed by atoms with Crippen LogP contribution in [0, 0.1) is 11.3 Å². The number of carbonyl (C=O) groups is 2. The number of hydrogen-bond acceptors (Lipinski definition) is 4. The minimum atomic E-state index is -0.768. The zero-order valence-electron chi connectivity index (χ0n) is 19.6. The van der Waals surface area contributed by atoms with E-state index in [2.05, 4.69) is 37.7 Å². The van der Waals surface area contributed by atoms with Crippen LogP contribution >= 0.6 is 15.9 Å². The molecule has 1 atom stereocenters. The maximum atomic E-state index is 13.5. The van der Waals surface area contributed by atoms with Gasteiger partial charge in [0, 0.05) is 23.5 Å². The van der Waals surface area contributed by atoms with Gasteiger partial charge in [-0.15, -0.1) is 0 Å². The molecule has 1 unspecified atom stereocenters. The molecule has 0 spiro atoms. The molecule has 0 radical (unpaired) electrons. The van der Waals surface area contributed by atoms with Crippen LogP contribution in [0.4, 0.5) is 0 Å². The number of halogens is 1. The highest BCUT2D eigenvalue weighted by Crippen LogP contribution is 2.21. The van der Waals surface area contributed by atoms with E-state index in [1.165, 1.54) is 0 Å². The lowest BCUT2D eigenvalue weighted by Crippen LogP contribution is -2.47.